The lowest BCUT2D eigenvalue weighted by atomic mass is 9.96. The summed E-state index contributed by atoms with van der Waals surface area (Å²) >= 11 is 13.0. The van der Waals surface area contributed by atoms with Crippen molar-refractivity contribution in [2.45, 2.75) is 101 Å². The van der Waals surface area contributed by atoms with Crippen LogP contribution in [0.1, 0.15) is 71.8 Å². The molecule has 12 nitrogen and oxygen atoms in total. The number of hydrogen-bond acceptors (Lipinski definition) is 7. The van der Waals surface area contributed by atoms with Crippen LogP contribution in [0.5, 0.6) is 0 Å². The number of alkyl carbamates (subject to hydrolysis) is 1. The van der Waals surface area contributed by atoms with Crippen LogP contribution in [-0.4, -0.2) is 81.6 Å². The van der Waals surface area contributed by atoms with E-state index in [0.717, 1.165) is 31.2 Å². The number of nitrogens with one attached hydrogen (secondary N) is 4. The molecule has 1 aliphatic heterocycles. The molecule has 1 heterocycles. The highest BCUT2D eigenvalue weighted by atomic mass is 35.5. The highest BCUT2D eigenvalue weighted by Crippen LogP contribution is 2.65. The maximum Gasteiger partial charge on any atom is 0.408 e. The minimum atomic E-state index is -1.24. The Bertz CT molecular complexity index is 1350. The van der Waals surface area contributed by atoms with Crippen molar-refractivity contribution in [2.75, 3.05) is 13.1 Å². The summed E-state index contributed by atoms with van der Waals surface area (Å²) in [6.45, 7) is 6.90. The lowest BCUT2D eigenvalue weighted by molar-refractivity contribution is -0.144. The Hall–Kier alpha value is -3.38. The van der Waals surface area contributed by atoms with Crippen LogP contribution in [0.4, 0.5) is 4.79 Å². The zero-order valence-corrected chi connectivity index (χ0v) is 28.8. The van der Waals surface area contributed by atoms with Crippen LogP contribution in [0.25, 0.3) is 0 Å². The number of piperidine rings is 1. The van der Waals surface area contributed by atoms with Crippen molar-refractivity contribution in [3.05, 3.63) is 35.9 Å². The van der Waals surface area contributed by atoms with Crippen LogP contribution >= 0.6 is 23.2 Å². The minimum absolute atomic E-state index is 0.0960. The maximum atomic E-state index is 14.1. The molecule has 0 aromatic heterocycles. The third kappa shape index (κ3) is 9.16. The first-order valence-electron chi connectivity index (χ1n) is 16.2. The van der Waals surface area contributed by atoms with Crippen LogP contribution in [0.15, 0.2) is 30.3 Å². The van der Waals surface area contributed by atoms with Crippen LogP contribution in [0.2, 0.25) is 0 Å². The lowest BCUT2D eigenvalue weighted by Crippen LogP contribution is -2.59. The van der Waals surface area contributed by atoms with Crippen molar-refractivity contribution in [3.8, 4) is 0 Å². The van der Waals surface area contributed by atoms with Crippen LogP contribution in [0.3, 0.4) is 0 Å². The number of rotatable bonds is 13. The summed E-state index contributed by atoms with van der Waals surface area (Å²) in [6.07, 6.45) is 3.14. The monoisotopic (exact) mass is 693 g/mol. The normalized spacial score (nSPS) is 22.8. The molecule has 3 fully saturated rings. The Morgan fingerprint density at radius 3 is 2.28 bits per heavy atom. The molecule has 2 aliphatic carbocycles. The number of ketones is 1. The number of benzene rings is 1. The molecule has 1 aromatic rings. The van der Waals surface area contributed by atoms with Crippen molar-refractivity contribution in [2.24, 2.45) is 17.8 Å². The number of amides is 5. The van der Waals surface area contributed by atoms with E-state index >= 15 is 0 Å². The number of halogens is 2. The number of likely N-dealkylation sites (tertiary alicyclic amines) is 1. The number of hydrogen-bond donors (Lipinski definition) is 4. The van der Waals surface area contributed by atoms with Crippen molar-refractivity contribution in [1.82, 2.24) is 26.2 Å². The van der Waals surface area contributed by atoms with Gasteiger partial charge in [-0.05, 0) is 51.5 Å². The first-order valence-corrected chi connectivity index (χ1v) is 17.0. The summed E-state index contributed by atoms with van der Waals surface area (Å²) in [5.74, 6) is -4.66. The zero-order chi connectivity index (χ0) is 34.5. The molecule has 1 aromatic carbocycles. The Morgan fingerprint density at radius 1 is 1.00 bits per heavy atom. The van der Waals surface area contributed by atoms with E-state index in [4.69, 9.17) is 27.9 Å². The second kappa shape index (κ2) is 15.2. The smallest absolute Gasteiger partial charge is 0.408 e. The van der Waals surface area contributed by atoms with Crippen molar-refractivity contribution < 1.29 is 33.5 Å². The fourth-order valence-electron chi connectivity index (χ4n) is 6.50. The molecule has 4 N–H and O–H groups in total. The van der Waals surface area contributed by atoms with E-state index in [0.29, 0.717) is 6.42 Å². The quantitative estimate of drug-likeness (QED) is 0.182. The molecular weight excluding hydrogens is 649 g/mol. The fourth-order valence-corrected chi connectivity index (χ4v) is 7.32. The van der Waals surface area contributed by atoms with Gasteiger partial charge in [-0.2, -0.15) is 0 Å². The molecule has 14 heteroatoms. The second-order valence-electron chi connectivity index (χ2n) is 13.6. The number of ether oxygens (including phenoxy) is 1. The molecule has 0 spiro atoms. The molecule has 3 aliphatic rings. The van der Waals surface area contributed by atoms with Crippen LogP contribution in [0, 0.1) is 17.8 Å². The van der Waals surface area contributed by atoms with E-state index in [-0.39, 0.29) is 31.3 Å². The number of fused-ring (bicyclic) bond motifs is 1. The maximum absolute atomic E-state index is 14.1. The predicted molar refractivity (Wildman–Crippen MR) is 175 cm³/mol. The molecule has 47 heavy (non-hydrogen) atoms. The fraction of sp³-hybridized carbons (Fsp3) is 0.636. The van der Waals surface area contributed by atoms with Gasteiger partial charge in [0.05, 0.1) is 12.6 Å². The molecule has 258 valence electrons. The van der Waals surface area contributed by atoms with Crippen molar-refractivity contribution in [3.63, 3.8) is 0 Å². The topological polar surface area (TPSA) is 163 Å². The average molecular weight is 695 g/mol. The van der Waals surface area contributed by atoms with E-state index in [1.807, 2.05) is 30.3 Å². The van der Waals surface area contributed by atoms with Gasteiger partial charge in [-0.25, -0.2) is 4.79 Å². The number of Topliss-reactive ketones (excluding diaryl/α,β-unsaturated/α-hetero) is 1. The lowest BCUT2D eigenvalue weighted by Gasteiger charge is -2.35. The summed E-state index contributed by atoms with van der Waals surface area (Å²) < 4.78 is 4.19. The SMILES string of the molecule is CCCC(NC(=O)[C@@H]1[C@@H]2[C@H](CN1C(=O)[C@@H](NC(=O)OC(C)(C)C)C1CCCC1)C2(Cl)Cl)C(=O)C(=O)NCC(=O)NCc1ccccc1. The van der Waals surface area contributed by atoms with E-state index in [2.05, 4.69) is 21.3 Å². The molecule has 5 atom stereocenters. The zero-order valence-electron chi connectivity index (χ0n) is 27.3. The van der Waals surface area contributed by atoms with Gasteiger partial charge in [-0.3, -0.25) is 24.0 Å². The van der Waals surface area contributed by atoms with Gasteiger partial charge in [0.25, 0.3) is 5.91 Å². The Balaban J connectivity index is 1.42. The van der Waals surface area contributed by atoms with E-state index < -0.39 is 76.0 Å². The number of nitrogens with zero attached hydrogens (tertiary/aromatic N) is 1. The summed E-state index contributed by atoms with van der Waals surface area (Å²) in [5, 5.41) is 10.4. The summed E-state index contributed by atoms with van der Waals surface area (Å²) in [7, 11) is 0. The van der Waals surface area contributed by atoms with E-state index in [1.54, 1.807) is 27.7 Å². The number of carbonyl (C=O) groups excluding carboxylic acids is 6. The highest BCUT2D eigenvalue weighted by Gasteiger charge is 2.74. The van der Waals surface area contributed by atoms with E-state index in [9.17, 15) is 28.8 Å². The molecule has 0 bridgehead atoms. The van der Waals surface area contributed by atoms with Crippen molar-refractivity contribution in [1.29, 1.82) is 0 Å². The molecule has 1 unspecified atom stereocenters. The van der Waals surface area contributed by atoms with Gasteiger partial charge in [0.2, 0.25) is 23.5 Å². The van der Waals surface area contributed by atoms with Crippen LogP contribution < -0.4 is 21.3 Å². The summed E-state index contributed by atoms with van der Waals surface area (Å²) in [6, 6.07) is 5.96. The minimum Gasteiger partial charge on any atom is -0.444 e. The number of alkyl halides is 2. The van der Waals surface area contributed by atoms with Gasteiger partial charge >= 0.3 is 6.09 Å². The van der Waals surface area contributed by atoms with Crippen LogP contribution in [-0.2, 0) is 35.3 Å². The first-order chi connectivity index (χ1) is 22.1. The van der Waals surface area contributed by atoms with Gasteiger partial charge in [-0.1, -0.05) is 56.5 Å². The highest BCUT2D eigenvalue weighted by molar-refractivity contribution is 6.51. The largest absolute Gasteiger partial charge is 0.444 e. The Kier molecular flexibility index (Phi) is 11.8. The standard InChI is InChI=1S/C33H45Cl2N5O7/c1-5-11-22(27(42)29(44)37-17-23(41)36-16-19-12-7-6-8-13-19)38-28(43)26-24-21(33(24,34)35)18-40(26)30(45)25(20-14-9-10-15-20)39-31(46)47-32(2,3)4/h6-8,12-13,20-22,24-26H,5,9-11,14-18H2,1-4H3,(H,36,41)(H,37,44)(H,38,43)(H,39,46)/t21-,22?,24-,25-,26-/m0/s1. The van der Waals surface area contributed by atoms with Gasteiger partial charge in [0.1, 0.15) is 22.0 Å². The van der Waals surface area contributed by atoms with Crippen molar-refractivity contribution >= 4 is 58.7 Å². The Morgan fingerprint density at radius 2 is 1.66 bits per heavy atom. The molecule has 1 saturated heterocycles. The number of carbonyl (C=O) groups is 6. The van der Waals surface area contributed by atoms with Gasteiger partial charge in [0, 0.05) is 24.9 Å². The predicted octanol–water partition coefficient (Wildman–Crippen LogP) is 2.99. The first kappa shape index (κ1) is 36.5. The molecule has 2 saturated carbocycles. The van der Waals surface area contributed by atoms with Gasteiger partial charge in [0.15, 0.2) is 0 Å². The molecule has 5 amide bonds. The third-order valence-corrected chi connectivity index (χ3v) is 9.93. The summed E-state index contributed by atoms with van der Waals surface area (Å²) in [5.41, 5.74) is 0.0977. The second-order valence-corrected chi connectivity index (χ2v) is 15.0. The van der Waals surface area contributed by atoms with E-state index in [1.165, 1.54) is 4.90 Å². The average Bonchev–Trinajstić information content (AvgIpc) is 3.45. The molecular formula is C33H45Cl2N5O7. The molecule has 4 rings (SSSR count). The Labute approximate surface area is 285 Å². The summed E-state index contributed by atoms with van der Waals surface area (Å²) in [4.78, 5) is 80.3. The third-order valence-electron chi connectivity index (χ3n) is 8.87. The van der Waals surface area contributed by atoms with Gasteiger partial charge < -0.3 is 30.9 Å². The van der Waals surface area contributed by atoms with Gasteiger partial charge in [-0.15, -0.1) is 23.2 Å². The molecule has 0 radical (unpaired) electrons.